The number of nitrogens with two attached hydrogens (primary N) is 1. The van der Waals surface area contributed by atoms with Crippen molar-refractivity contribution in [1.29, 1.82) is 0 Å². The van der Waals surface area contributed by atoms with E-state index in [0.29, 0.717) is 21.9 Å². The van der Waals surface area contributed by atoms with Gasteiger partial charge < -0.3 is 16.0 Å². The highest BCUT2D eigenvalue weighted by atomic mass is 32.1. The SMILES string of the molecule is CCCN(C(=O)c1sc(NC)nc1N)C1CC1. The van der Waals surface area contributed by atoms with Crippen LogP contribution in [0.25, 0.3) is 0 Å². The summed E-state index contributed by atoms with van der Waals surface area (Å²) in [4.78, 5) is 19.0. The third kappa shape index (κ3) is 2.52. The predicted octanol–water partition coefficient (Wildman–Crippen LogP) is 1.78. The first-order chi connectivity index (χ1) is 8.17. The number of nitrogens with zero attached hydrogens (tertiary/aromatic N) is 2. The number of carbonyl (C=O) groups is 1. The maximum absolute atomic E-state index is 12.4. The number of aromatic nitrogens is 1. The van der Waals surface area contributed by atoms with E-state index in [-0.39, 0.29) is 5.91 Å². The van der Waals surface area contributed by atoms with Crippen molar-refractivity contribution in [2.75, 3.05) is 24.6 Å². The Kier molecular flexibility index (Phi) is 3.51. The third-order valence-corrected chi connectivity index (χ3v) is 3.85. The molecule has 5 nitrogen and oxygen atoms in total. The summed E-state index contributed by atoms with van der Waals surface area (Å²) in [5, 5.41) is 3.61. The molecule has 6 heteroatoms. The summed E-state index contributed by atoms with van der Waals surface area (Å²) in [6.45, 7) is 2.88. The van der Waals surface area contributed by atoms with Crippen LogP contribution >= 0.6 is 11.3 Å². The number of anilines is 2. The van der Waals surface area contributed by atoms with Crippen LogP contribution in [0.3, 0.4) is 0 Å². The molecule has 0 aliphatic heterocycles. The Balaban J connectivity index is 2.18. The second-order valence-corrected chi connectivity index (χ2v) is 5.21. The lowest BCUT2D eigenvalue weighted by Crippen LogP contribution is -2.33. The molecule has 1 saturated carbocycles. The molecule has 94 valence electrons. The van der Waals surface area contributed by atoms with Gasteiger partial charge in [-0.2, -0.15) is 0 Å². The van der Waals surface area contributed by atoms with Gasteiger partial charge in [0.2, 0.25) is 0 Å². The second kappa shape index (κ2) is 4.91. The molecule has 0 bridgehead atoms. The van der Waals surface area contributed by atoms with Gasteiger partial charge in [0.1, 0.15) is 10.7 Å². The standard InChI is InChI=1S/C11H18N4OS/c1-3-6-15(7-4-5-7)10(16)8-9(12)14-11(13-2)17-8/h7H,3-6,12H2,1-2H3,(H,13,14). The maximum atomic E-state index is 12.4. The minimum atomic E-state index is 0.0332. The van der Waals surface area contributed by atoms with Crippen LogP contribution in [0.15, 0.2) is 0 Å². The minimum Gasteiger partial charge on any atom is -0.382 e. The van der Waals surface area contributed by atoms with Gasteiger partial charge in [-0.3, -0.25) is 4.79 Å². The van der Waals surface area contributed by atoms with Crippen LogP contribution in [0, 0.1) is 0 Å². The molecule has 0 saturated heterocycles. The van der Waals surface area contributed by atoms with E-state index in [1.54, 1.807) is 7.05 Å². The van der Waals surface area contributed by atoms with Crippen LogP contribution in [-0.2, 0) is 0 Å². The van der Waals surface area contributed by atoms with Gasteiger partial charge in [-0.1, -0.05) is 18.3 Å². The van der Waals surface area contributed by atoms with E-state index in [1.165, 1.54) is 11.3 Å². The van der Waals surface area contributed by atoms with Crippen LogP contribution in [-0.4, -0.2) is 35.4 Å². The minimum absolute atomic E-state index is 0.0332. The number of thiazole rings is 1. The highest BCUT2D eigenvalue weighted by Gasteiger charge is 2.34. The summed E-state index contributed by atoms with van der Waals surface area (Å²) >= 11 is 1.33. The predicted molar refractivity (Wildman–Crippen MR) is 70.4 cm³/mol. The van der Waals surface area contributed by atoms with Gasteiger partial charge in [0, 0.05) is 19.6 Å². The lowest BCUT2D eigenvalue weighted by atomic mass is 10.3. The molecule has 0 atom stereocenters. The van der Waals surface area contributed by atoms with Crippen molar-refractivity contribution >= 4 is 28.2 Å². The monoisotopic (exact) mass is 254 g/mol. The molecular formula is C11H18N4OS. The zero-order valence-corrected chi connectivity index (χ0v) is 11.0. The molecule has 0 radical (unpaired) electrons. The van der Waals surface area contributed by atoms with Crippen LogP contribution in [0.1, 0.15) is 35.9 Å². The van der Waals surface area contributed by atoms with Crippen LogP contribution in [0.5, 0.6) is 0 Å². The number of hydrogen-bond acceptors (Lipinski definition) is 5. The molecule has 3 N–H and O–H groups in total. The highest BCUT2D eigenvalue weighted by Crippen LogP contribution is 2.32. The summed E-state index contributed by atoms with van der Waals surface area (Å²) in [6.07, 6.45) is 3.20. The smallest absolute Gasteiger partial charge is 0.268 e. The highest BCUT2D eigenvalue weighted by molar-refractivity contribution is 7.18. The summed E-state index contributed by atoms with van der Waals surface area (Å²) in [5.74, 6) is 0.372. The molecule has 1 fully saturated rings. The molecule has 1 heterocycles. The molecule has 1 amide bonds. The average Bonchev–Trinajstić information content (AvgIpc) is 3.08. The Bertz CT molecular complexity index is 414. The van der Waals surface area contributed by atoms with Crippen molar-refractivity contribution in [1.82, 2.24) is 9.88 Å². The Morgan fingerprint density at radius 1 is 1.65 bits per heavy atom. The van der Waals surface area contributed by atoms with Crippen LogP contribution < -0.4 is 11.1 Å². The summed E-state index contributed by atoms with van der Waals surface area (Å²) in [5.41, 5.74) is 5.78. The lowest BCUT2D eigenvalue weighted by Gasteiger charge is -2.20. The fraction of sp³-hybridized carbons (Fsp3) is 0.636. The number of hydrogen-bond donors (Lipinski definition) is 2. The second-order valence-electron chi connectivity index (χ2n) is 4.21. The zero-order valence-electron chi connectivity index (χ0n) is 10.2. The number of nitrogen functional groups attached to an aromatic ring is 1. The number of nitrogens with one attached hydrogen (secondary N) is 1. The number of rotatable bonds is 5. The van der Waals surface area contributed by atoms with E-state index < -0.39 is 0 Å². The van der Waals surface area contributed by atoms with E-state index in [4.69, 9.17) is 5.73 Å². The number of amides is 1. The summed E-state index contributed by atoms with van der Waals surface area (Å²) in [6, 6.07) is 0.419. The van der Waals surface area contributed by atoms with Crippen LogP contribution in [0.2, 0.25) is 0 Å². The van der Waals surface area contributed by atoms with Gasteiger partial charge in [-0.25, -0.2) is 4.98 Å². The van der Waals surface area contributed by atoms with E-state index >= 15 is 0 Å². The molecule has 1 aromatic heterocycles. The molecule has 0 unspecified atom stereocenters. The van der Waals surface area contributed by atoms with Gasteiger partial charge >= 0.3 is 0 Å². The van der Waals surface area contributed by atoms with Gasteiger partial charge in [-0.15, -0.1) is 0 Å². The van der Waals surface area contributed by atoms with Crippen molar-refractivity contribution in [3.63, 3.8) is 0 Å². The first-order valence-corrected chi connectivity index (χ1v) is 6.74. The summed E-state index contributed by atoms with van der Waals surface area (Å²) < 4.78 is 0. The third-order valence-electron chi connectivity index (χ3n) is 2.77. The van der Waals surface area contributed by atoms with E-state index in [0.717, 1.165) is 25.8 Å². The average molecular weight is 254 g/mol. The molecule has 17 heavy (non-hydrogen) atoms. The van der Waals surface area contributed by atoms with Crippen molar-refractivity contribution in [3.05, 3.63) is 4.88 Å². The van der Waals surface area contributed by atoms with E-state index in [1.807, 2.05) is 4.90 Å². The maximum Gasteiger partial charge on any atom is 0.268 e. The van der Waals surface area contributed by atoms with E-state index in [9.17, 15) is 4.79 Å². The quantitative estimate of drug-likeness (QED) is 0.840. The number of carbonyl (C=O) groups excluding carboxylic acids is 1. The van der Waals surface area contributed by atoms with Gasteiger partial charge in [0.15, 0.2) is 5.13 Å². The van der Waals surface area contributed by atoms with Crippen LogP contribution in [0.4, 0.5) is 10.9 Å². The first kappa shape index (κ1) is 12.2. The van der Waals surface area contributed by atoms with Crippen molar-refractivity contribution < 1.29 is 4.79 Å². The molecule has 1 aromatic rings. The van der Waals surface area contributed by atoms with Crippen molar-refractivity contribution in [2.45, 2.75) is 32.2 Å². The topological polar surface area (TPSA) is 71.2 Å². The summed E-state index contributed by atoms with van der Waals surface area (Å²) in [7, 11) is 1.78. The Labute approximate surface area is 105 Å². The molecule has 2 rings (SSSR count). The van der Waals surface area contributed by atoms with E-state index in [2.05, 4.69) is 17.2 Å². The van der Waals surface area contributed by atoms with Gasteiger partial charge in [0.05, 0.1) is 0 Å². The fourth-order valence-electron chi connectivity index (χ4n) is 1.80. The first-order valence-electron chi connectivity index (χ1n) is 5.92. The van der Waals surface area contributed by atoms with Crippen molar-refractivity contribution in [3.8, 4) is 0 Å². The molecular weight excluding hydrogens is 236 g/mol. The molecule has 0 aromatic carbocycles. The molecule has 0 spiro atoms. The molecule has 1 aliphatic rings. The Morgan fingerprint density at radius 2 is 2.35 bits per heavy atom. The van der Waals surface area contributed by atoms with Gasteiger partial charge in [-0.05, 0) is 19.3 Å². The zero-order chi connectivity index (χ0) is 12.4. The fourth-order valence-corrected chi connectivity index (χ4v) is 2.59. The largest absolute Gasteiger partial charge is 0.382 e. The molecule has 1 aliphatic carbocycles. The lowest BCUT2D eigenvalue weighted by molar-refractivity contribution is 0.0749. The Hall–Kier alpha value is -1.30. The van der Waals surface area contributed by atoms with Crippen molar-refractivity contribution in [2.24, 2.45) is 0 Å². The normalized spacial score (nSPS) is 14.7. The Morgan fingerprint density at radius 3 is 2.82 bits per heavy atom. The van der Waals surface area contributed by atoms with Gasteiger partial charge in [0.25, 0.3) is 5.91 Å².